The zero-order chi connectivity index (χ0) is 19.2. The fourth-order valence-electron chi connectivity index (χ4n) is 2.55. The molecule has 1 atom stereocenters. The van der Waals surface area contributed by atoms with Gasteiger partial charge < -0.3 is 5.73 Å². The van der Waals surface area contributed by atoms with Crippen molar-refractivity contribution >= 4 is 46.6 Å². The third-order valence-corrected chi connectivity index (χ3v) is 5.11. The van der Waals surface area contributed by atoms with Crippen molar-refractivity contribution in [3.05, 3.63) is 70.7 Å². The molecule has 0 spiro atoms. The summed E-state index contributed by atoms with van der Waals surface area (Å²) in [4.78, 5) is 25.9. The van der Waals surface area contributed by atoms with Crippen molar-refractivity contribution in [1.82, 2.24) is 4.90 Å². The van der Waals surface area contributed by atoms with Crippen LogP contribution in [0.2, 0.25) is 5.02 Å². The zero-order valence-electron chi connectivity index (χ0n) is 14.3. The third kappa shape index (κ3) is 5.18. The fraction of sp³-hybridized carbons (Fsp3) is 0.158. The summed E-state index contributed by atoms with van der Waals surface area (Å²) in [6.45, 7) is 0.265. The molecule has 2 N–H and O–H groups in total. The second-order valence-electron chi connectivity index (χ2n) is 5.85. The number of likely N-dealkylation sites (tertiary alicyclic amines) is 1. The van der Waals surface area contributed by atoms with Crippen LogP contribution in [0.3, 0.4) is 0 Å². The minimum absolute atomic E-state index is 0.105. The third-order valence-electron chi connectivity index (χ3n) is 3.88. The number of hydrogen-bond acceptors (Lipinski definition) is 5. The highest BCUT2D eigenvalue weighted by atomic mass is 35.5. The molecule has 0 aliphatic carbocycles. The number of amides is 2. The van der Waals surface area contributed by atoms with Gasteiger partial charge in [0.15, 0.2) is 5.17 Å². The van der Waals surface area contributed by atoms with Crippen molar-refractivity contribution in [1.29, 1.82) is 0 Å². The number of halogens is 1. The van der Waals surface area contributed by atoms with Crippen LogP contribution in [-0.2, 0) is 16.1 Å². The number of nitrogens with two attached hydrogens (primary N) is 1. The Balaban J connectivity index is 1.59. The van der Waals surface area contributed by atoms with Crippen LogP contribution < -0.4 is 5.73 Å². The first kappa shape index (κ1) is 19.1. The van der Waals surface area contributed by atoms with Gasteiger partial charge >= 0.3 is 0 Å². The van der Waals surface area contributed by atoms with Crippen LogP contribution in [0.5, 0.6) is 0 Å². The quantitative estimate of drug-likeness (QED) is 0.361. The minimum Gasteiger partial charge on any atom is -0.377 e. The van der Waals surface area contributed by atoms with E-state index in [9.17, 15) is 9.59 Å². The molecule has 0 bridgehead atoms. The number of benzene rings is 2. The molecule has 1 aliphatic heterocycles. The van der Waals surface area contributed by atoms with E-state index in [2.05, 4.69) is 10.2 Å². The molecule has 2 aromatic rings. The first-order valence-electron chi connectivity index (χ1n) is 8.20. The van der Waals surface area contributed by atoms with Gasteiger partial charge in [0, 0.05) is 11.4 Å². The Morgan fingerprint density at radius 3 is 2.59 bits per heavy atom. The lowest BCUT2D eigenvalue weighted by molar-refractivity contribution is -0.138. The number of imide groups is 1. The van der Waals surface area contributed by atoms with Gasteiger partial charge in [-0.25, -0.2) is 0 Å². The number of carbonyl (C=O) groups excluding carboxylic acids is 2. The van der Waals surface area contributed by atoms with E-state index in [1.54, 1.807) is 24.3 Å². The molecule has 2 aromatic carbocycles. The lowest BCUT2D eigenvalue weighted by atomic mass is 10.2. The molecule has 0 unspecified atom stereocenters. The Morgan fingerprint density at radius 1 is 1.19 bits per heavy atom. The van der Waals surface area contributed by atoms with Crippen molar-refractivity contribution < 1.29 is 9.59 Å². The highest BCUT2D eigenvalue weighted by molar-refractivity contribution is 8.14. The maximum absolute atomic E-state index is 12.5. The molecule has 0 saturated carbocycles. The lowest BCUT2D eigenvalue weighted by Crippen LogP contribution is -2.31. The van der Waals surface area contributed by atoms with Crippen LogP contribution >= 0.6 is 23.4 Å². The van der Waals surface area contributed by atoms with Gasteiger partial charge in [-0.15, -0.1) is 5.10 Å². The topological polar surface area (TPSA) is 88.1 Å². The van der Waals surface area contributed by atoms with Crippen molar-refractivity contribution in [2.75, 3.05) is 0 Å². The Kier molecular flexibility index (Phi) is 6.26. The maximum atomic E-state index is 12.5. The van der Waals surface area contributed by atoms with Gasteiger partial charge in [0.05, 0.1) is 12.8 Å². The first-order chi connectivity index (χ1) is 13.0. The Hall–Kier alpha value is -2.64. The van der Waals surface area contributed by atoms with E-state index in [4.69, 9.17) is 17.3 Å². The van der Waals surface area contributed by atoms with Gasteiger partial charge in [0.25, 0.3) is 0 Å². The number of carbonyl (C=O) groups is 2. The number of rotatable bonds is 5. The normalized spacial score (nSPS) is 17.9. The summed E-state index contributed by atoms with van der Waals surface area (Å²) in [5, 5.41) is 7.99. The van der Waals surface area contributed by atoms with E-state index in [0.717, 1.165) is 22.9 Å². The molecular formula is C19H17ClN4O2S. The highest BCUT2D eigenvalue weighted by Gasteiger charge is 2.39. The first-order valence-corrected chi connectivity index (χ1v) is 9.45. The molecule has 1 fully saturated rings. The van der Waals surface area contributed by atoms with Gasteiger partial charge in [0.1, 0.15) is 5.25 Å². The molecule has 2 amide bonds. The number of nitrogens with zero attached hydrogens (tertiary/aromatic N) is 3. The second-order valence-corrected chi connectivity index (χ2v) is 7.51. The molecule has 1 saturated heterocycles. The molecule has 3 rings (SSSR count). The summed E-state index contributed by atoms with van der Waals surface area (Å²) in [6.07, 6.45) is 1.64. The smallest absolute Gasteiger partial charge is 0.243 e. The molecule has 1 aliphatic rings. The Morgan fingerprint density at radius 2 is 1.89 bits per heavy atom. The van der Waals surface area contributed by atoms with Crippen LogP contribution in [-0.4, -0.2) is 33.3 Å². The van der Waals surface area contributed by atoms with Crippen molar-refractivity contribution in [3.8, 4) is 0 Å². The van der Waals surface area contributed by atoms with Crippen LogP contribution in [0, 0.1) is 0 Å². The highest BCUT2D eigenvalue weighted by Crippen LogP contribution is 2.26. The Bertz CT molecular complexity index is 884. The predicted octanol–water partition coefficient (Wildman–Crippen LogP) is 3.05. The van der Waals surface area contributed by atoms with Crippen LogP contribution in [0.4, 0.5) is 0 Å². The molecule has 1 heterocycles. The predicted molar refractivity (Wildman–Crippen MR) is 109 cm³/mol. The summed E-state index contributed by atoms with van der Waals surface area (Å²) in [6, 6.07) is 16.5. The summed E-state index contributed by atoms with van der Waals surface area (Å²) in [5.74, 6) is -0.465. The van der Waals surface area contributed by atoms with E-state index in [-0.39, 0.29) is 29.9 Å². The molecule has 8 heteroatoms. The van der Waals surface area contributed by atoms with Crippen molar-refractivity contribution in [2.45, 2.75) is 18.2 Å². The van der Waals surface area contributed by atoms with E-state index in [1.165, 1.54) is 11.1 Å². The average molecular weight is 401 g/mol. The second kappa shape index (κ2) is 8.83. The van der Waals surface area contributed by atoms with E-state index >= 15 is 0 Å². The monoisotopic (exact) mass is 400 g/mol. The number of hydrogen-bond donors (Lipinski definition) is 1. The lowest BCUT2D eigenvalue weighted by Gasteiger charge is -2.14. The number of thioether (sulfide) groups is 1. The van der Waals surface area contributed by atoms with Gasteiger partial charge in [-0.05, 0) is 23.3 Å². The summed E-state index contributed by atoms with van der Waals surface area (Å²) < 4.78 is 0. The van der Waals surface area contributed by atoms with Crippen LogP contribution in [0.15, 0.2) is 64.8 Å². The molecule has 0 aromatic heterocycles. The fourth-order valence-corrected chi connectivity index (χ4v) is 3.51. The van der Waals surface area contributed by atoms with Gasteiger partial charge in [-0.2, -0.15) is 5.10 Å². The van der Waals surface area contributed by atoms with E-state index in [0.29, 0.717) is 5.02 Å². The van der Waals surface area contributed by atoms with Crippen molar-refractivity contribution in [3.63, 3.8) is 0 Å². The van der Waals surface area contributed by atoms with Gasteiger partial charge in [0.2, 0.25) is 11.8 Å². The summed E-state index contributed by atoms with van der Waals surface area (Å²) in [7, 11) is 0. The Labute approximate surface area is 166 Å². The molecular weight excluding hydrogens is 384 g/mol. The van der Waals surface area contributed by atoms with Gasteiger partial charge in [-0.1, -0.05) is 65.8 Å². The van der Waals surface area contributed by atoms with E-state index < -0.39 is 5.25 Å². The van der Waals surface area contributed by atoms with Crippen LogP contribution in [0.25, 0.3) is 0 Å². The zero-order valence-corrected chi connectivity index (χ0v) is 15.9. The van der Waals surface area contributed by atoms with Crippen molar-refractivity contribution in [2.24, 2.45) is 15.9 Å². The van der Waals surface area contributed by atoms with Gasteiger partial charge in [-0.3, -0.25) is 14.5 Å². The molecule has 0 radical (unpaired) electrons. The molecule has 6 nitrogen and oxygen atoms in total. The standard InChI is InChI=1S/C19H17ClN4O2S/c20-15-8-6-13(7-9-15)11-22-23-19(21)27-16-10-17(25)24(18(16)26)12-14-4-2-1-3-5-14/h1-9,11,16H,10,12H2,(H2,21,23)/b22-11-/t16-/m0/s1. The summed E-state index contributed by atoms with van der Waals surface area (Å²) in [5.41, 5.74) is 7.57. The SMILES string of the molecule is NC(=N/N=C\c1ccc(Cl)cc1)S[C@H]1CC(=O)N(Cc2ccccc2)C1=O. The maximum Gasteiger partial charge on any atom is 0.243 e. The number of amidine groups is 1. The van der Waals surface area contributed by atoms with E-state index in [1.807, 2.05) is 30.3 Å². The molecule has 138 valence electrons. The average Bonchev–Trinajstić information content (AvgIpc) is 2.91. The summed E-state index contributed by atoms with van der Waals surface area (Å²) >= 11 is 6.87. The largest absolute Gasteiger partial charge is 0.377 e. The minimum atomic E-state index is -0.573. The molecule has 27 heavy (non-hydrogen) atoms. The van der Waals surface area contributed by atoms with Crippen LogP contribution in [0.1, 0.15) is 17.5 Å².